The molecule has 1 nitrogen and oxygen atoms in total. The second kappa shape index (κ2) is 4.45. The minimum atomic E-state index is 0.465. The predicted molar refractivity (Wildman–Crippen MR) is 68.1 cm³/mol. The molecule has 0 unspecified atom stereocenters. The Morgan fingerprint density at radius 2 is 1.47 bits per heavy atom. The van der Waals surface area contributed by atoms with E-state index in [1.807, 2.05) is 0 Å². The van der Waals surface area contributed by atoms with E-state index < -0.39 is 0 Å². The zero-order valence-corrected chi connectivity index (χ0v) is 11.6. The number of piperidine rings is 1. The van der Waals surface area contributed by atoms with Crippen LogP contribution in [0, 0.1) is 16.7 Å². The minimum Gasteiger partial charge on any atom is -0.306 e. The maximum absolute atomic E-state index is 2.47. The Morgan fingerprint density at radius 3 is 1.87 bits per heavy atom. The average Bonchev–Trinajstić information content (AvgIpc) is 2.00. The van der Waals surface area contributed by atoms with Crippen LogP contribution in [0.4, 0.5) is 0 Å². The predicted octanol–water partition coefficient (Wildman–Crippen LogP) is 3.79. The standard InChI is InChI=1S/C14H29N/c1-13(2,3)11-14(4,5)12-7-9-15(6)10-8-12/h12H,7-11H2,1-6H3. The number of hydrogen-bond donors (Lipinski definition) is 0. The number of rotatable bonds is 2. The molecule has 0 aromatic carbocycles. The maximum atomic E-state index is 2.47. The topological polar surface area (TPSA) is 3.24 Å². The van der Waals surface area contributed by atoms with Crippen LogP contribution in [0.1, 0.15) is 53.9 Å². The van der Waals surface area contributed by atoms with E-state index in [2.05, 4.69) is 46.6 Å². The van der Waals surface area contributed by atoms with Gasteiger partial charge < -0.3 is 4.90 Å². The van der Waals surface area contributed by atoms with E-state index in [0.29, 0.717) is 10.8 Å². The summed E-state index contributed by atoms with van der Waals surface area (Å²) >= 11 is 0. The molecule has 1 heteroatoms. The highest BCUT2D eigenvalue weighted by Gasteiger charge is 2.34. The number of hydrogen-bond acceptors (Lipinski definition) is 1. The molecule has 0 N–H and O–H groups in total. The molecule has 1 saturated heterocycles. The van der Waals surface area contributed by atoms with Gasteiger partial charge in [0, 0.05) is 0 Å². The SMILES string of the molecule is CN1CCC(C(C)(C)CC(C)(C)C)CC1. The van der Waals surface area contributed by atoms with Gasteiger partial charge in [-0.25, -0.2) is 0 Å². The van der Waals surface area contributed by atoms with Crippen LogP contribution in [-0.2, 0) is 0 Å². The van der Waals surface area contributed by atoms with Gasteiger partial charge in [0.05, 0.1) is 0 Å². The lowest BCUT2D eigenvalue weighted by Crippen LogP contribution is -2.38. The summed E-state index contributed by atoms with van der Waals surface area (Å²) in [4.78, 5) is 2.46. The smallest absolute Gasteiger partial charge is 0.00189 e. The van der Waals surface area contributed by atoms with Crippen molar-refractivity contribution in [3.05, 3.63) is 0 Å². The van der Waals surface area contributed by atoms with Gasteiger partial charge >= 0.3 is 0 Å². The molecule has 15 heavy (non-hydrogen) atoms. The molecule has 0 spiro atoms. The molecule has 0 amide bonds. The van der Waals surface area contributed by atoms with Gasteiger partial charge in [0.1, 0.15) is 0 Å². The lowest BCUT2D eigenvalue weighted by atomic mass is 9.66. The Labute approximate surface area is 96.2 Å². The summed E-state index contributed by atoms with van der Waals surface area (Å²) in [6.45, 7) is 14.6. The van der Waals surface area contributed by atoms with Gasteiger partial charge in [-0.15, -0.1) is 0 Å². The first-order valence-electron chi connectivity index (χ1n) is 6.39. The summed E-state index contributed by atoms with van der Waals surface area (Å²) in [6, 6.07) is 0. The first kappa shape index (κ1) is 13.0. The fraction of sp³-hybridized carbons (Fsp3) is 1.00. The van der Waals surface area contributed by atoms with Crippen LogP contribution in [0.2, 0.25) is 0 Å². The third-order valence-electron chi connectivity index (χ3n) is 3.81. The van der Waals surface area contributed by atoms with Crippen LogP contribution >= 0.6 is 0 Å². The molecule has 0 bridgehead atoms. The van der Waals surface area contributed by atoms with Crippen LogP contribution in [0.25, 0.3) is 0 Å². The van der Waals surface area contributed by atoms with Crippen LogP contribution in [0.3, 0.4) is 0 Å². The monoisotopic (exact) mass is 211 g/mol. The highest BCUT2D eigenvalue weighted by Crippen LogP contribution is 2.43. The molecule has 0 saturated carbocycles. The van der Waals surface area contributed by atoms with Gasteiger partial charge in [0.25, 0.3) is 0 Å². The molecule has 1 aliphatic rings. The van der Waals surface area contributed by atoms with Gasteiger partial charge in [-0.05, 0) is 56.1 Å². The van der Waals surface area contributed by atoms with E-state index in [-0.39, 0.29) is 0 Å². The molecular formula is C14H29N. The second-order valence-electron chi connectivity index (χ2n) is 7.30. The fourth-order valence-electron chi connectivity index (χ4n) is 3.30. The van der Waals surface area contributed by atoms with Crippen molar-refractivity contribution in [1.82, 2.24) is 4.90 Å². The molecule has 1 fully saturated rings. The summed E-state index contributed by atoms with van der Waals surface area (Å²) in [5.74, 6) is 0.924. The number of nitrogens with zero attached hydrogens (tertiary/aromatic N) is 1. The van der Waals surface area contributed by atoms with Crippen molar-refractivity contribution in [2.75, 3.05) is 20.1 Å². The summed E-state index contributed by atoms with van der Waals surface area (Å²) in [5.41, 5.74) is 0.979. The van der Waals surface area contributed by atoms with Gasteiger partial charge in [0.2, 0.25) is 0 Å². The molecular weight excluding hydrogens is 182 g/mol. The lowest BCUT2D eigenvalue weighted by Gasteiger charge is -2.43. The van der Waals surface area contributed by atoms with Crippen molar-refractivity contribution in [3.8, 4) is 0 Å². The Morgan fingerprint density at radius 1 is 1.00 bits per heavy atom. The molecule has 1 heterocycles. The molecule has 0 radical (unpaired) electrons. The summed E-state index contributed by atoms with van der Waals surface area (Å²) in [7, 11) is 2.24. The minimum absolute atomic E-state index is 0.465. The Hall–Kier alpha value is -0.0400. The van der Waals surface area contributed by atoms with Crippen molar-refractivity contribution < 1.29 is 0 Å². The summed E-state index contributed by atoms with van der Waals surface area (Å²) in [5, 5.41) is 0. The third kappa shape index (κ3) is 4.14. The number of likely N-dealkylation sites (tertiary alicyclic amines) is 1. The summed E-state index contributed by atoms with van der Waals surface area (Å²) < 4.78 is 0. The molecule has 1 aliphatic heterocycles. The maximum Gasteiger partial charge on any atom is -0.00189 e. The van der Waals surface area contributed by atoms with Crippen LogP contribution in [0.5, 0.6) is 0 Å². The van der Waals surface area contributed by atoms with E-state index in [1.165, 1.54) is 32.4 Å². The average molecular weight is 211 g/mol. The Bertz CT molecular complexity index is 192. The Kier molecular flexibility index (Phi) is 3.86. The van der Waals surface area contributed by atoms with E-state index in [1.54, 1.807) is 0 Å². The quantitative estimate of drug-likeness (QED) is 0.671. The molecule has 1 rings (SSSR count). The van der Waals surface area contributed by atoms with E-state index in [4.69, 9.17) is 0 Å². The zero-order chi connectivity index (χ0) is 11.7. The molecule has 0 aromatic heterocycles. The molecule has 0 atom stereocenters. The third-order valence-corrected chi connectivity index (χ3v) is 3.81. The Balaban J connectivity index is 2.54. The van der Waals surface area contributed by atoms with Gasteiger partial charge in [0.15, 0.2) is 0 Å². The van der Waals surface area contributed by atoms with E-state index >= 15 is 0 Å². The molecule has 0 aromatic rings. The van der Waals surface area contributed by atoms with Gasteiger partial charge in [-0.2, -0.15) is 0 Å². The van der Waals surface area contributed by atoms with E-state index in [9.17, 15) is 0 Å². The van der Waals surface area contributed by atoms with Crippen LogP contribution < -0.4 is 0 Å². The van der Waals surface area contributed by atoms with Crippen molar-refractivity contribution >= 4 is 0 Å². The van der Waals surface area contributed by atoms with Gasteiger partial charge in [-0.3, -0.25) is 0 Å². The lowest BCUT2D eigenvalue weighted by molar-refractivity contribution is 0.0753. The molecule has 0 aliphatic carbocycles. The fourth-order valence-corrected chi connectivity index (χ4v) is 3.30. The first-order chi connectivity index (χ1) is 6.71. The van der Waals surface area contributed by atoms with E-state index in [0.717, 1.165) is 5.92 Å². The largest absolute Gasteiger partial charge is 0.306 e. The highest BCUT2D eigenvalue weighted by atomic mass is 15.1. The molecule has 90 valence electrons. The summed E-state index contributed by atoms with van der Waals surface area (Å²) in [6.07, 6.45) is 4.12. The second-order valence-corrected chi connectivity index (χ2v) is 7.30. The first-order valence-corrected chi connectivity index (χ1v) is 6.39. The van der Waals surface area contributed by atoms with Crippen molar-refractivity contribution in [2.45, 2.75) is 53.9 Å². The van der Waals surface area contributed by atoms with Crippen LogP contribution in [-0.4, -0.2) is 25.0 Å². The van der Waals surface area contributed by atoms with Crippen molar-refractivity contribution in [2.24, 2.45) is 16.7 Å². The highest BCUT2D eigenvalue weighted by molar-refractivity contribution is 4.85. The van der Waals surface area contributed by atoms with Crippen molar-refractivity contribution in [1.29, 1.82) is 0 Å². The normalized spacial score (nSPS) is 22.0. The van der Waals surface area contributed by atoms with Gasteiger partial charge in [-0.1, -0.05) is 34.6 Å². The van der Waals surface area contributed by atoms with Crippen molar-refractivity contribution in [3.63, 3.8) is 0 Å². The van der Waals surface area contributed by atoms with Crippen LogP contribution in [0.15, 0.2) is 0 Å². The zero-order valence-electron chi connectivity index (χ0n) is 11.6.